The first kappa shape index (κ1) is 17.2. The summed E-state index contributed by atoms with van der Waals surface area (Å²) in [5, 5.41) is 2.15. The quantitative estimate of drug-likeness (QED) is 0.878. The molecule has 1 aliphatic rings. The number of carbonyl (C=O) groups is 1. The molecular formula is C13H18F3N5O2. The number of halogens is 3. The van der Waals surface area contributed by atoms with Crippen molar-refractivity contribution < 1.29 is 22.7 Å². The summed E-state index contributed by atoms with van der Waals surface area (Å²) in [6.07, 6.45) is -2.90. The van der Waals surface area contributed by atoms with Crippen LogP contribution >= 0.6 is 0 Å². The summed E-state index contributed by atoms with van der Waals surface area (Å²) < 4.78 is 41.4. The summed E-state index contributed by atoms with van der Waals surface area (Å²) in [5.41, 5.74) is 0. The first-order valence-electron chi connectivity index (χ1n) is 7.25. The third-order valence-electron chi connectivity index (χ3n) is 3.28. The van der Waals surface area contributed by atoms with E-state index in [9.17, 15) is 18.0 Å². The summed E-state index contributed by atoms with van der Waals surface area (Å²) in [6.45, 7) is 1.38. The zero-order valence-electron chi connectivity index (χ0n) is 12.7. The smallest absolute Gasteiger partial charge is 0.397 e. The van der Waals surface area contributed by atoms with Crippen molar-refractivity contribution in [2.75, 3.05) is 25.1 Å². The van der Waals surface area contributed by atoms with Crippen molar-refractivity contribution in [3.63, 3.8) is 0 Å². The minimum atomic E-state index is -4.54. The van der Waals surface area contributed by atoms with Gasteiger partial charge in [-0.05, 0) is 19.3 Å². The van der Waals surface area contributed by atoms with Gasteiger partial charge >= 0.3 is 12.2 Å². The largest absolute Gasteiger partial charge is 0.467 e. The number of hydrogen-bond acceptors (Lipinski definition) is 6. The number of rotatable bonds is 5. The molecule has 1 fully saturated rings. The van der Waals surface area contributed by atoms with Crippen LogP contribution in [0, 0.1) is 0 Å². The van der Waals surface area contributed by atoms with E-state index >= 15 is 0 Å². The van der Waals surface area contributed by atoms with Crippen molar-refractivity contribution >= 4 is 11.9 Å². The molecule has 128 valence electrons. The Balaban J connectivity index is 2.04. The van der Waals surface area contributed by atoms with Crippen LogP contribution in [0.25, 0.3) is 0 Å². The average molecular weight is 333 g/mol. The molecule has 0 unspecified atom stereocenters. The van der Waals surface area contributed by atoms with E-state index in [0.717, 1.165) is 32.4 Å². The maximum Gasteiger partial charge on any atom is 0.397 e. The summed E-state index contributed by atoms with van der Waals surface area (Å²) >= 11 is 0. The number of nitrogens with one attached hydrogen (secondary N) is 1. The van der Waals surface area contributed by atoms with E-state index in [0.29, 0.717) is 5.95 Å². The Labute approximate surface area is 131 Å². The van der Waals surface area contributed by atoms with Gasteiger partial charge in [-0.2, -0.15) is 28.1 Å². The Kier molecular flexibility index (Phi) is 5.56. The average Bonchev–Trinajstić information content (AvgIpc) is 2.52. The van der Waals surface area contributed by atoms with Gasteiger partial charge in [-0.1, -0.05) is 0 Å². The van der Waals surface area contributed by atoms with E-state index in [2.05, 4.69) is 20.3 Å². The van der Waals surface area contributed by atoms with E-state index in [-0.39, 0.29) is 18.4 Å². The molecule has 2 rings (SSSR count). The number of hydrogen-bond donors (Lipinski definition) is 1. The lowest BCUT2D eigenvalue weighted by atomic mass is 10.1. The lowest BCUT2D eigenvalue weighted by molar-refractivity contribution is -0.153. The number of aromatic nitrogens is 3. The molecule has 1 N–H and O–H groups in total. The van der Waals surface area contributed by atoms with Crippen molar-refractivity contribution in [1.82, 2.24) is 20.3 Å². The zero-order valence-corrected chi connectivity index (χ0v) is 12.7. The lowest BCUT2D eigenvalue weighted by Crippen LogP contribution is -2.32. The molecule has 1 aromatic heterocycles. The van der Waals surface area contributed by atoms with Gasteiger partial charge in [-0.25, -0.2) is 0 Å². The van der Waals surface area contributed by atoms with Gasteiger partial charge < -0.3 is 15.0 Å². The molecule has 0 atom stereocenters. The summed E-state index contributed by atoms with van der Waals surface area (Å²) in [6, 6.07) is 0.0700. The molecule has 0 saturated carbocycles. The second-order valence-corrected chi connectivity index (χ2v) is 5.15. The van der Waals surface area contributed by atoms with Crippen LogP contribution in [0.3, 0.4) is 0 Å². The van der Waals surface area contributed by atoms with E-state index in [1.165, 1.54) is 7.11 Å². The van der Waals surface area contributed by atoms with E-state index in [1.54, 1.807) is 0 Å². The standard InChI is InChI=1S/C13H18F3N5O2/c1-23-12-19-9(8-17-10(22)7-13(14,15)16)18-11(20-12)21-5-3-2-4-6-21/h2-8H2,1H3,(H,17,22). The summed E-state index contributed by atoms with van der Waals surface area (Å²) in [7, 11) is 1.39. The minimum absolute atomic E-state index is 0.0700. The second-order valence-electron chi connectivity index (χ2n) is 5.15. The molecule has 1 aromatic rings. The highest BCUT2D eigenvalue weighted by Gasteiger charge is 2.31. The van der Waals surface area contributed by atoms with Crippen LogP contribution in [0.1, 0.15) is 31.5 Å². The predicted molar refractivity (Wildman–Crippen MR) is 75.0 cm³/mol. The fourth-order valence-electron chi connectivity index (χ4n) is 2.21. The lowest BCUT2D eigenvalue weighted by Gasteiger charge is -2.26. The van der Waals surface area contributed by atoms with Crippen LogP contribution in [0.2, 0.25) is 0 Å². The molecule has 1 amide bonds. The monoisotopic (exact) mass is 333 g/mol. The van der Waals surface area contributed by atoms with Crippen LogP contribution in [0.4, 0.5) is 19.1 Å². The molecule has 1 saturated heterocycles. The molecular weight excluding hydrogens is 315 g/mol. The number of alkyl halides is 3. The highest BCUT2D eigenvalue weighted by Crippen LogP contribution is 2.19. The maximum atomic E-state index is 12.1. The van der Waals surface area contributed by atoms with Gasteiger partial charge in [-0.3, -0.25) is 4.79 Å². The highest BCUT2D eigenvalue weighted by molar-refractivity contribution is 5.76. The van der Waals surface area contributed by atoms with Crippen molar-refractivity contribution in [2.45, 2.75) is 38.4 Å². The maximum absolute atomic E-state index is 12.1. The van der Waals surface area contributed by atoms with Crippen LogP contribution in [0.5, 0.6) is 6.01 Å². The Morgan fingerprint density at radius 3 is 2.52 bits per heavy atom. The van der Waals surface area contributed by atoms with Crippen molar-refractivity contribution in [1.29, 1.82) is 0 Å². The van der Waals surface area contributed by atoms with Crippen molar-refractivity contribution in [2.24, 2.45) is 0 Å². The predicted octanol–water partition coefficient (Wildman–Crippen LogP) is 1.44. The number of amides is 1. The van der Waals surface area contributed by atoms with Gasteiger partial charge in [0.1, 0.15) is 6.42 Å². The fourth-order valence-corrected chi connectivity index (χ4v) is 2.21. The molecule has 0 radical (unpaired) electrons. The molecule has 2 heterocycles. The van der Waals surface area contributed by atoms with E-state index in [1.807, 2.05) is 4.90 Å². The van der Waals surface area contributed by atoms with Gasteiger partial charge in [0.15, 0.2) is 5.82 Å². The van der Waals surface area contributed by atoms with E-state index in [4.69, 9.17) is 4.74 Å². The molecule has 1 aliphatic heterocycles. The summed E-state index contributed by atoms with van der Waals surface area (Å²) in [4.78, 5) is 25.5. The third-order valence-corrected chi connectivity index (χ3v) is 3.28. The topological polar surface area (TPSA) is 80.2 Å². The first-order valence-corrected chi connectivity index (χ1v) is 7.25. The van der Waals surface area contributed by atoms with Gasteiger partial charge in [-0.15, -0.1) is 0 Å². The molecule has 0 spiro atoms. The number of nitrogens with zero attached hydrogens (tertiary/aromatic N) is 4. The molecule has 0 aromatic carbocycles. The van der Waals surface area contributed by atoms with Crippen LogP contribution in [0.15, 0.2) is 0 Å². The van der Waals surface area contributed by atoms with E-state index < -0.39 is 18.5 Å². The number of ether oxygens (including phenoxy) is 1. The van der Waals surface area contributed by atoms with Crippen LogP contribution in [-0.4, -0.2) is 47.2 Å². The van der Waals surface area contributed by atoms with Gasteiger partial charge in [0.2, 0.25) is 11.9 Å². The first-order chi connectivity index (χ1) is 10.9. The summed E-state index contributed by atoms with van der Waals surface area (Å²) in [5.74, 6) is -0.555. The molecule has 0 aliphatic carbocycles. The Bertz CT molecular complexity index is 547. The Hall–Kier alpha value is -2.13. The normalized spacial score (nSPS) is 15.4. The Morgan fingerprint density at radius 2 is 1.91 bits per heavy atom. The molecule has 0 bridgehead atoms. The number of anilines is 1. The van der Waals surface area contributed by atoms with Gasteiger partial charge in [0, 0.05) is 13.1 Å². The Morgan fingerprint density at radius 1 is 1.22 bits per heavy atom. The highest BCUT2D eigenvalue weighted by atomic mass is 19.4. The molecule has 7 nitrogen and oxygen atoms in total. The zero-order chi connectivity index (χ0) is 16.9. The fraction of sp³-hybridized carbons (Fsp3) is 0.692. The third kappa shape index (κ3) is 5.53. The minimum Gasteiger partial charge on any atom is -0.467 e. The van der Waals surface area contributed by atoms with Crippen LogP contribution in [-0.2, 0) is 11.3 Å². The second kappa shape index (κ2) is 7.42. The van der Waals surface area contributed by atoms with Crippen LogP contribution < -0.4 is 15.0 Å². The number of carbonyl (C=O) groups excluding carboxylic acids is 1. The van der Waals surface area contributed by atoms with Gasteiger partial charge in [0.05, 0.1) is 13.7 Å². The van der Waals surface area contributed by atoms with Gasteiger partial charge in [0.25, 0.3) is 0 Å². The van der Waals surface area contributed by atoms with Crippen molar-refractivity contribution in [3.8, 4) is 6.01 Å². The number of piperidine rings is 1. The van der Waals surface area contributed by atoms with Crippen molar-refractivity contribution in [3.05, 3.63) is 5.82 Å². The molecule has 23 heavy (non-hydrogen) atoms. The number of methoxy groups -OCH3 is 1. The SMILES string of the molecule is COc1nc(CNC(=O)CC(F)(F)F)nc(N2CCCCC2)n1. The molecule has 10 heteroatoms.